The van der Waals surface area contributed by atoms with Crippen molar-refractivity contribution < 1.29 is 17.6 Å². The van der Waals surface area contributed by atoms with Crippen molar-refractivity contribution in [3.05, 3.63) is 92.7 Å². The number of pyridine rings is 1. The lowest BCUT2D eigenvalue weighted by molar-refractivity contribution is 0.0746. The second kappa shape index (κ2) is 8.80. The van der Waals surface area contributed by atoms with Crippen LogP contribution in [0.1, 0.15) is 28.2 Å². The molecule has 170 valence electrons. The Hall–Kier alpha value is -3.50. The molecule has 0 spiro atoms. The number of thiophene rings is 1. The van der Waals surface area contributed by atoms with Gasteiger partial charge >= 0.3 is 0 Å². The third-order valence-corrected chi connectivity index (χ3v) is 7.73. The minimum Gasteiger partial charge on any atom is -0.334 e. The monoisotopic (exact) mass is 485 g/mol. The van der Waals surface area contributed by atoms with E-state index in [1.807, 2.05) is 24.4 Å². The normalized spacial score (nSPS) is 12.5. The van der Waals surface area contributed by atoms with Crippen LogP contribution in [0, 0.1) is 5.82 Å². The van der Waals surface area contributed by atoms with Crippen LogP contribution in [0.5, 0.6) is 0 Å². The Morgan fingerprint density at radius 3 is 2.52 bits per heavy atom. The first-order valence-corrected chi connectivity index (χ1v) is 12.3. The van der Waals surface area contributed by atoms with Gasteiger partial charge in [-0.1, -0.05) is 6.07 Å². The highest BCUT2D eigenvalue weighted by molar-refractivity contribution is 7.92. The summed E-state index contributed by atoms with van der Waals surface area (Å²) >= 11 is 1.51. The lowest BCUT2D eigenvalue weighted by atomic mass is 10.1. The molecule has 7 nitrogen and oxygen atoms in total. The molecule has 0 aliphatic heterocycles. The minimum atomic E-state index is -4.03. The molecular weight excluding hydrogens is 465 g/mol. The van der Waals surface area contributed by atoms with Gasteiger partial charge in [-0.3, -0.25) is 14.3 Å². The molecule has 4 rings (SSSR count). The van der Waals surface area contributed by atoms with Crippen LogP contribution in [-0.2, 0) is 10.0 Å². The van der Waals surface area contributed by atoms with Gasteiger partial charge in [-0.05, 0) is 60.8 Å². The molecule has 0 aliphatic rings. The van der Waals surface area contributed by atoms with E-state index in [-0.39, 0.29) is 22.2 Å². The number of nitrogens with zero attached hydrogens (tertiary/aromatic N) is 1. The van der Waals surface area contributed by atoms with E-state index in [9.17, 15) is 22.4 Å². The first kappa shape index (κ1) is 22.7. The molecule has 1 atom stereocenters. The van der Waals surface area contributed by atoms with E-state index < -0.39 is 27.3 Å². The van der Waals surface area contributed by atoms with Gasteiger partial charge in [0.2, 0.25) is 5.56 Å². The summed E-state index contributed by atoms with van der Waals surface area (Å²) in [7, 11) is -2.39. The number of sulfonamides is 1. The van der Waals surface area contributed by atoms with Crippen LogP contribution in [0.4, 0.5) is 10.1 Å². The first-order valence-electron chi connectivity index (χ1n) is 9.92. The predicted octanol–water partition coefficient (Wildman–Crippen LogP) is 4.36. The van der Waals surface area contributed by atoms with Gasteiger partial charge in [0.05, 0.1) is 16.5 Å². The lowest BCUT2D eigenvalue weighted by Gasteiger charge is -2.24. The van der Waals surface area contributed by atoms with E-state index >= 15 is 0 Å². The van der Waals surface area contributed by atoms with Crippen molar-refractivity contribution in [1.82, 2.24) is 9.88 Å². The molecule has 0 saturated carbocycles. The van der Waals surface area contributed by atoms with Crippen LogP contribution < -0.4 is 10.3 Å². The van der Waals surface area contributed by atoms with Gasteiger partial charge in [0, 0.05) is 34.6 Å². The van der Waals surface area contributed by atoms with Crippen LogP contribution in [0.15, 0.2) is 75.7 Å². The Balaban J connectivity index is 1.75. The quantitative estimate of drug-likeness (QED) is 0.424. The number of benzene rings is 2. The van der Waals surface area contributed by atoms with Crippen LogP contribution >= 0.6 is 11.3 Å². The second-order valence-corrected chi connectivity index (χ2v) is 10.1. The summed E-state index contributed by atoms with van der Waals surface area (Å²) in [5.41, 5.74) is 0.157. The van der Waals surface area contributed by atoms with Crippen LogP contribution in [-0.4, -0.2) is 31.3 Å². The third-order valence-electron chi connectivity index (χ3n) is 5.31. The Kier molecular flexibility index (Phi) is 6.05. The second-order valence-electron chi connectivity index (χ2n) is 7.47. The number of H-pyrrole nitrogens is 1. The van der Waals surface area contributed by atoms with E-state index in [2.05, 4.69) is 9.71 Å². The number of aromatic nitrogens is 1. The fourth-order valence-corrected chi connectivity index (χ4v) is 5.31. The van der Waals surface area contributed by atoms with Crippen molar-refractivity contribution in [1.29, 1.82) is 0 Å². The van der Waals surface area contributed by atoms with Crippen molar-refractivity contribution in [3.63, 3.8) is 0 Å². The highest BCUT2D eigenvalue weighted by Crippen LogP contribution is 2.27. The molecule has 2 aromatic carbocycles. The van der Waals surface area contributed by atoms with E-state index in [1.54, 1.807) is 7.05 Å². The van der Waals surface area contributed by atoms with E-state index in [0.717, 1.165) is 17.0 Å². The van der Waals surface area contributed by atoms with E-state index in [4.69, 9.17) is 0 Å². The minimum absolute atomic E-state index is 0.0958. The molecule has 0 bridgehead atoms. The Bertz CT molecular complexity index is 1480. The molecular formula is C23H20FN3O4S2. The van der Waals surface area contributed by atoms with Crippen LogP contribution in [0.25, 0.3) is 10.9 Å². The molecule has 0 saturated heterocycles. The Morgan fingerprint density at radius 2 is 1.85 bits per heavy atom. The maximum atomic E-state index is 13.3. The summed E-state index contributed by atoms with van der Waals surface area (Å²) in [6.07, 6.45) is 0. The van der Waals surface area contributed by atoms with Gasteiger partial charge < -0.3 is 9.88 Å². The average Bonchev–Trinajstić information content (AvgIpc) is 3.33. The fourth-order valence-electron chi connectivity index (χ4n) is 3.39. The van der Waals surface area contributed by atoms with Crippen LogP contribution in [0.2, 0.25) is 0 Å². The van der Waals surface area contributed by atoms with Gasteiger partial charge in [0.25, 0.3) is 15.9 Å². The zero-order valence-electron chi connectivity index (χ0n) is 17.7. The average molecular weight is 486 g/mol. The lowest BCUT2D eigenvalue weighted by Crippen LogP contribution is -2.30. The van der Waals surface area contributed by atoms with Crippen molar-refractivity contribution in [2.24, 2.45) is 0 Å². The number of fused-ring (bicyclic) bond motifs is 1. The van der Waals surface area contributed by atoms with Gasteiger partial charge in [0.15, 0.2) is 0 Å². The standard InChI is InChI=1S/C23H20FN3O4S2/c1-14(21-4-3-11-32-21)27(2)23(29)19-13-22(28)25-20-10-9-17(12-18(19)20)33(30,31)26-16-7-5-15(24)6-8-16/h3-14,26H,1-2H3,(H,25,28). The summed E-state index contributed by atoms with van der Waals surface area (Å²) in [4.78, 5) is 30.5. The van der Waals surface area contributed by atoms with Gasteiger partial charge in [-0.25, -0.2) is 12.8 Å². The molecule has 10 heteroatoms. The number of carbonyl (C=O) groups excluding carboxylic acids is 1. The summed E-state index contributed by atoms with van der Waals surface area (Å²) in [5, 5.41) is 2.21. The molecule has 0 fully saturated rings. The number of hydrogen-bond donors (Lipinski definition) is 2. The number of nitrogens with one attached hydrogen (secondary N) is 2. The van der Waals surface area contributed by atoms with Gasteiger partial charge in [-0.15, -0.1) is 11.3 Å². The SMILES string of the molecule is CC(c1cccs1)N(C)C(=O)c1cc(=O)[nH]c2ccc(S(=O)(=O)Nc3ccc(F)cc3)cc12. The first-order chi connectivity index (χ1) is 15.7. The highest BCUT2D eigenvalue weighted by atomic mass is 32.2. The maximum absolute atomic E-state index is 13.3. The number of aromatic amines is 1. The molecule has 2 aromatic heterocycles. The topological polar surface area (TPSA) is 99.3 Å². The molecule has 4 aromatic rings. The molecule has 0 radical (unpaired) electrons. The Labute approximate surface area is 193 Å². The molecule has 0 aliphatic carbocycles. The number of halogens is 1. The van der Waals surface area contributed by atoms with Gasteiger partial charge in [-0.2, -0.15) is 0 Å². The summed E-state index contributed by atoms with van der Waals surface area (Å²) < 4.78 is 41.3. The number of hydrogen-bond acceptors (Lipinski definition) is 5. The number of carbonyl (C=O) groups is 1. The predicted molar refractivity (Wildman–Crippen MR) is 127 cm³/mol. The van der Waals surface area contributed by atoms with Crippen molar-refractivity contribution in [2.45, 2.75) is 17.9 Å². The van der Waals surface area contributed by atoms with Crippen molar-refractivity contribution in [3.8, 4) is 0 Å². The van der Waals surface area contributed by atoms with Crippen molar-refractivity contribution >= 4 is 43.9 Å². The zero-order valence-corrected chi connectivity index (χ0v) is 19.3. The molecule has 2 heterocycles. The number of anilines is 1. The number of amides is 1. The molecule has 1 amide bonds. The van der Waals surface area contributed by atoms with E-state index in [1.165, 1.54) is 52.6 Å². The van der Waals surface area contributed by atoms with E-state index in [0.29, 0.717) is 10.9 Å². The van der Waals surface area contributed by atoms with Gasteiger partial charge in [0.1, 0.15) is 5.82 Å². The number of rotatable bonds is 6. The fraction of sp³-hybridized carbons (Fsp3) is 0.130. The highest BCUT2D eigenvalue weighted by Gasteiger charge is 2.23. The Morgan fingerprint density at radius 1 is 1.12 bits per heavy atom. The summed E-state index contributed by atoms with van der Waals surface area (Å²) in [5.74, 6) is -0.898. The third kappa shape index (κ3) is 4.67. The smallest absolute Gasteiger partial charge is 0.261 e. The molecule has 2 N–H and O–H groups in total. The summed E-state index contributed by atoms with van der Waals surface area (Å²) in [6, 6.07) is 13.8. The van der Waals surface area contributed by atoms with Crippen LogP contribution in [0.3, 0.4) is 0 Å². The largest absolute Gasteiger partial charge is 0.334 e. The molecule has 1 unspecified atom stereocenters. The summed E-state index contributed by atoms with van der Waals surface area (Å²) in [6.45, 7) is 1.88. The molecule has 33 heavy (non-hydrogen) atoms. The van der Waals surface area contributed by atoms with Crippen molar-refractivity contribution in [2.75, 3.05) is 11.8 Å². The zero-order chi connectivity index (χ0) is 23.8. The maximum Gasteiger partial charge on any atom is 0.261 e.